The van der Waals surface area contributed by atoms with Crippen LogP contribution in [-0.4, -0.2) is 32.8 Å². The summed E-state index contributed by atoms with van der Waals surface area (Å²) in [6, 6.07) is 18.2. The van der Waals surface area contributed by atoms with E-state index in [1.807, 2.05) is 42.5 Å². The molecule has 0 saturated heterocycles. The Morgan fingerprint density at radius 2 is 1.84 bits per heavy atom. The predicted octanol–water partition coefficient (Wildman–Crippen LogP) is 4.40. The Kier molecular flexibility index (Phi) is 6.53. The zero-order valence-corrected chi connectivity index (χ0v) is 18.4. The van der Waals surface area contributed by atoms with Crippen molar-refractivity contribution in [3.05, 3.63) is 71.4 Å². The van der Waals surface area contributed by atoms with E-state index < -0.39 is 11.2 Å². The summed E-state index contributed by atoms with van der Waals surface area (Å²) >= 11 is 7.34. The molecule has 2 amide bonds. The van der Waals surface area contributed by atoms with Gasteiger partial charge in [-0.2, -0.15) is 0 Å². The van der Waals surface area contributed by atoms with Gasteiger partial charge in [-0.3, -0.25) is 24.5 Å². The molecule has 0 aliphatic carbocycles. The third kappa shape index (κ3) is 4.98. The molecule has 9 heteroatoms. The number of hydrogen-bond donors (Lipinski definition) is 3. The third-order valence-corrected chi connectivity index (χ3v) is 6.54. The molecule has 1 atom stereocenters. The molecule has 7 nitrogen and oxygen atoms in total. The first kappa shape index (κ1) is 22.0. The van der Waals surface area contributed by atoms with Crippen molar-refractivity contribution in [1.29, 1.82) is 0 Å². The van der Waals surface area contributed by atoms with Crippen molar-refractivity contribution < 1.29 is 19.5 Å². The number of carbonyl (C=O) groups is 3. The zero-order valence-electron chi connectivity index (χ0n) is 16.9. The molecule has 0 bridgehead atoms. The van der Waals surface area contributed by atoms with Crippen LogP contribution in [0.2, 0.25) is 5.02 Å². The third-order valence-electron chi connectivity index (χ3n) is 5.01. The molecule has 1 aromatic heterocycles. The number of carboxylic acid groups (broad SMARTS) is 1. The van der Waals surface area contributed by atoms with Crippen molar-refractivity contribution in [2.45, 2.75) is 29.4 Å². The lowest BCUT2D eigenvalue weighted by molar-refractivity contribution is -0.137. The van der Waals surface area contributed by atoms with E-state index in [1.165, 1.54) is 11.8 Å². The summed E-state index contributed by atoms with van der Waals surface area (Å²) in [6.07, 6.45) is 0.147. The lowest BCUT2D eigenvalue weighted by Gasteiger charge is -2.24. The van der Waals surface area contributed by atoms with Crippen LogP contribution in [0.3, 0.4) is 0 Å². The van der Waals surface area contributed by atoms with Gasteiger partial charge < -0.3 is 10.4 Å². The van der Waals surface area contributed by atoms with Gasteiger partial charge in [0.2, 0.25) is 11.8 Å². The van der Waals surface area contributed by atoms with Gasteiger partial charge in [-0.05, 0) is 36.4 Å². The Morgan fingerprint density at radius 1 is 1.09 bits per heavy atom. The number of aromatic nitrogens is 1. The molecule has 0 radical (unpaired) electrons. The monoisotopic (exact) mass is 469 g/mol. The Morgan fingerprint density at radius 3 is 2.59 bits per heavy atom. The van der Waals surface area contributed by atoms with Crippen LogP contribution in [0.1, 0.15) is 18.5 Å². The molecule has 1 aliphatic heterocycles. The molecule has 3 aromatic rings. The number of amides is 2. The standard InChI is InChI=1S/C23H20ClN3O4S/c24-15-7-5-14(6-8-15)18-11-9-16(10-12-22(29)30)27(18)26-21(28)13-20-23(31)25-17-3-1-2-4-19(17)32-20/h1-9,11,20H,10,12-13H2,(H,25,31)(H,26,28)(H,29,30)/t20-/m1/s1. The summed E-state index contributed by atoms with van der Waals surface area (Å²) in [6.45, 7) is 0. The van der Waals surface area contributed by atoms with E-state index in [1.54, 1.807) is 22.9 Å². The van der Waals surface area contributed by atoms with Gasteiger partial charge in [0.1, 0.15) is 0 Å². The number of para-hydroxylation sites is 1. The molecule has 0 saturated carbocycles. The lowest BCUT2D eigenvalue weighted by atomic mass is 10.1. The number of anilines is 1. The van der Waals surface area contributed by atoms with E-state index in [0.29, 0.717) is 16.4 Å². The predicted molar refractivity (Wildman–Crippen MR) is 125 cm³/mol. The number of hydrogen-bond acceptors (Lipinski definition) is 4. The molecule has 2 heterocycles. The number of benzene rings is 2. The molecule has 0 fully saturated rings. The molecule has 3 N–H and O–H groups in total. The van der Waals surface area contributed by atoms with Crippen LogP contribution >= 0.6 is 23.4 Å². The molecule has 32 heavy (non-hydrogen) atoms. The Hall–Kier alpha value is -3.23. The van der Waals surface area contributed by atoms with Gasteiger partial charge in [-0.25, -0.2) is 0 Å². The van der Waals surface area contributed by atoms with Crippen molar-refractivity contribution in [3.8, 4) is 11.3 Å². The summed E-state index contributed by atoms with van der Waals surface area (Å²) in [4.78, 5) is 37.3. The van der Waals surface area contributed by atoms with Gasteiger partial charge in [0.15, 0.2) is 0 Å². The first-order valence-electron chi connectivity index (χ1n) is 9.95. The molecule has 2 aromatic carbocycles. The van der Waals surface area contributed by atoms with Gasteiger partial charge >= 0.3 is 5.97 Å². The van der Waals surface area contributed by atoms with Crippen LogP contribution in [0, 0.1) is 0 Å². The van der Waals surface area contributed by atoms with Crippen molar-refractivity contribution in [1.82, 2.24) is 4.68 Å². The largest absolute Gasteiger partial charge is 0.481 e. The first-order valence-corrected chi connectivity index (χ1v) is 11.2. The minimum absolute atomic E-state index is 0.0263. The first-order chi connectivity index (χ1) is 15.4. The van der Waals surface area contributed by atoms with Crippen molar-refractivity contribution >= 4 is 46.8 Å². The Balaban J connectivity index is 1.54. The second kappa shape index (κ2) is 9.50. The summed E-state index contributed by atoms with van der Waals surface area (Å²) in [5.41, 5.74) is 5.75. The van der Waals surface area contributed by atoms with E-state index in [-0.39, 0.29) is 31.1 Å². The number of halogens is 1. The maximum atomic E-state index is 12.9. The molecular weight excluding hydrogens is 450 g/mol. The molecule has 1 aliphatic rings. The SMILES string of the molecule is O=C(O)CCc1ccc(-c2ccc(Cl)cc2)n1NC(=O)C[C@H]1Sc2ccccc2NC1=O. The highest BCUT2D eigenvalue weighted by molar-refractivity contribution is 8.01. The molecule has 0 spiro atoms. The van der Waals surface area contributed by atoms with Crippen LogP contribution in [0.5, 0.6) is 0 Å². The summed E-state index contributed by atoms with van der Waals surface area (Å²) in [5, 5.41) is 11.9. The molecule has 0 unspecified atom stereocenters. The minimum atomic E-state index is -0.925. The quantitative estimate of drug-likeness (QED) is 0.476. The number of rotatable bonds is 7. The highest BCUT2D eigenvalue weighted by Gasteiger charge is 2.29. The maximum Gasteiger partial charge on any atom is 0.303 e. The molecule has 164 valence electrons. The number of carbonyl (C=O) groups excluding carboxylic acids is 2. The van der Waals surface area contributed by atoms with E-state index >= 15 is 0 Å². The van der Waals surface area contributed by atoms with Crippen molar-refractivity contribution in [2.75, 3.05) is 10.7 Å². The zero-order chi connectivity index (χ0) is 22.7. The summed E-state index contributed by atoms with van der Waals surface area (Å²) in [5.74, 6) is -1.49. The van der Waals surface area contributed by atoms with Gasteiger partial charge in [-0.15, -0.1) is 11.8 Å². The maximum absolute atomic E-state index is 12.9. The van der Waals surface area contributed by atoms with Crippen LogP contribution in [0.4, 0.5) is 5.69 Å². The number of aryl methyl sites for hydroxylation is 1. The van der Waals surface area contributed by atoms with E-state index in [9.17, 15) is 14.4 Å². The van der Waals surface area contributed by atoms with Crippen LogP contribution in [0.15, 0.2) is 65.6 Å². The Labute approximate surface area is 193 Å². The van der Waals surface area contributed by atoms with E-state index in [2.05, 4.69) is 10.7 Å². The van der Waals surface area contributed by atoms with E-state index in [0.717, 1.165) is 16.1 Å². The summed E-state index contributed by atoms with van der Waals surface area (Å²) < 4.78 is 1.59. The fraction of sp³-hybridized carbons (Fsp3) is 0.174. The van der Waals surface area contributed by atoms with Crippen molar-refractivity contribution in [2.24, 2.45) is 0 Å². The average Bonchev–Trinajstić information content (AvgIpc) is 3.15. The fourth-order valence-corrected chi connectivity index (χ4v) is 4.69. The van der Waals surface area contributed by atoms with Crippen LogP contribution < -0.4 is 10.7 Å². The fourth-order valence-electron chi connectivity index (χ4n) is 3.45. The summed E-state index contributed by atoms with van der Waals surface area (Å²) in [7, 11) is 0. The van der Waals surface area contributed by atoms with Gasteiger partial charge in [0, 0.05) is 34.0 Å². The van der Waals surface area contributed by atoms with Crippen LogP contribution in [0.25, 0.3) is 11.3 Å². The number of nitrogens with one attached hydrogen (secondary N) is 2. The topological polar surface area (TPSA) is 100 Å². The number of nitrogens with zero attached hydrogens (tertiary/aromatic N) is 1. The normalized spacial score (nSPS) is 15.0. The number of fused-ring (bicyclic) bond motifs is 1. The van der Waals surface area contributed by atoms with Gasteiger partial charge in [0.05, 0.1) is 23.1 Å². The number of aliphatic carboxylic acids is 1. The smallest absolute Gasteiger partial charge is 0.303 e. The van der Waals surface area contributed by atoms with Gasteiger partial charge in [-0.1, -0.05) is 35.9 Å². The second-order valence-corrected chi connectivity index (χ2v) is 8.96. The van der Waals surface area contributed by atoms with E-state index in [4.69, 9.17) is 16.7 Å². The number of carboxylic acids is 1. The highest BCUT2D eigenvalue weighted by atomic mass is 35.5. The van der Waals surface area contributed by atoms with Gasteiger partial charge in [0.25, 0.3) is 0 Å². The second-order valence-electron chi connectivity index (χ2n) is 7.28. The molecule has 4 rings (SSSR count). The average molecular weight is 470 g/mol. The number of thioether (sulfide) groups is 1. The highest BCUT2D eigenvalue weighted by Crippen LogP contribution is 2.36. The van der Waals surface area contributed by atoms with Crippen LogP contribution in [-0.2, 0) is 20.8 Å². The Bertz CT molecular complexity index is 1180. The molecular formula is C23H20ClN3O4S. The lowest BCUT2D eigenvalue weighted by Crippen LogP contribution is -2.34. The minimum Gasteiger partial charge on any atom is -0.481 e. The van der Waals surface area contributed by atoms with Crippen molar-refractivity contribution in [3.63, 3.8) is 0 Å².